The average Bonchev–Trinajstić information content (AvgIpc) is 2.26. The maximum Gasteiger partial charge on any atom is 0.330 e. The zero-order valence-corrected chi connectivity index (χ0v) is 11.3. The first-order chi connectivity index (χ1) is 8.22. The van der Waals surface area contributed by atoms with Gasteiger partial charge in [-0.1, -0.05) is 51.0 Å². The van der Waals surface area contributed by atoms with Crippen molar-refractivity contribution in [3.8, 4) is 0 Å². The van der Waals surface area contributed by atoms with Crippen LogP contribution in [0.1, 0.15) is 71.6 Å². The molecule has 0 saturated carbocycles. The Labute approximate surface area is 105 Å². The number of cyclic esters (lactones) is 1. The molecule has 0 aromatic heterocycles. The SMILES string of the molecule is CCCCCCCCCC1CC(C)=CC(=O)O1. The van der Waals surface area contributed by atoms with E-state index in [0.29, 0.717) is 0 Å². The standard InChI is InChI=1S/C15H26O2/c1-3-4-5-6-7-8-9-10-14-11-13(2)12-15(16)17-14/h12,14H,3-11H2,1-2H3. The number of esters is 1. The van der Waals surface area contributed by atoms with Gasteiger partial charge in [-0.05, 0) is 19.8 Å². The smallest absolute Gasteiger partial charge is 0.330 e. The second kappa shape index (κ2) is 8.32. The van der Waals surface area contributed by atoms with Gasteiger partial charge in [-0.15, -0.1) is 0 Å². The van der Waals surface area contributed by atoms with Crippen molar-refractivity contribution in [3.05, 3.63) is 11.6 Å². The van der Waals surface area contributed by atoms with Gasteiger partial charge in [0.2, 0.25) is 0 Å². The Balaban J connectivity index is 2.00. The van der Waals surface area contributed by atoms with Gasteiger partial charge in [0, 0.05) is 12.5 Å². The Kier molecular flexibility index (Phi) is 6.99. The molecule has 98 valence electrons. The number of hydrogen-bond donors (Lipinski definition) is 0. The summed E-state index contributed by atoms with van der Waals surface area (Å²) in [6, 6.07) is 0. The Morgan fingerprint density at radius 3 is 2.47 bits per heavy atom. The van der Waals surface area contributed by atoms with Crippen molar-refractivity contribution in [2.45, 2.75) is 77.7 Å². The molecule has 0 amide bonds. The summed E-state index contributed by atoms with van der Waals surface area (Å²) in [5.74, 6) is -0.151. The summed E-state index contributed by atoms with van der Waals surface area (Å²) in [6.07, 6.45) is 12.9. The van der Waals surface area contributed by atoms with Crippen molar-refractivity contribution in [2.24, 2.45) is 0 Å². The molecule has 1 atom stereocenters. The lowest BCUT2D eigenvalue weighted by Gasteiger charge is -2.21. The van der Waals surface area contributed by atoms with Gasteiger partial charge in [-0.25, -0.2) is 4.79 Å². The summed E-state index contributed by atoms with van der Waals surface area (Å²) in [5.41, 5.74) is 1.16. The first-order valence-electron chi connectivity index (χ1n) is 7.10. The van der Waals surface area contributed by atoms with Crippen LogP contribution in [-0.2, 0) is 9.53 Å². The van der Waals surface area contributed by atoms with Crippen LogP contribution in [0.4, 0.5) is 0 Å². The minimum atomic E-state index is -0.151. The van der Waals surface area contributed by atoms with Crippen molar-refractivity contribution >= 4 is 5.97 Å². The van der Waals surface area contributed by atoms with Crippen LogP contribution in [0.15, 0.2) is 11.6 Å². The summed E-state index contributed by atoms with van der Waals surface area (Å²) in [7, 11) is 0. The molecule has 1 unspecified atom stereocenters. The van der Waals surface area contributed by atoms with E-state index in [0.717, 1.165) is 18.4 Å². The minimum Gasteiger partial charge on any atom is -0.459 e. The van der Waals surface area contributed by atoms with E-state index in [9.17, 15) is 4.79 Å². The van der Waals surface area contributed by atoms with Gasteiger partial charge in [0.25, 0.3) is 0 Å². The van der Waals surface area contributed by atoms with Crippen molar-refractivity contribution in [2.75, 3.05) is 0 Å². The molecule has 1 aliphatic heterocycles. The van der Waals surface area contributed by atoms with Crippen LogP contribution in [0.5, 0.6) is 0 Å². The van der Waals surface area contributed by atoms with Crippen LogP contribution >= 0.6 is 0 Å². The largest absolute Gasteiger partial charge is 0.459 e. The summed E-state index contributed by atoms with van der Waals surface area (Å²) in [5, 5.41) is 0. The number of carbonyl (C=O) groups is 1. The topological polar surface area (TPSA) is 26.3 Å². The van der Waals surface area contributed by atoms with Crippen LogP contribution in [0.25, 0.3) is 0 Å². The van der Waals surface area contributed by atoms with Gasteiger partial charge in [0.15, 0.2) is 0 Å². The molecular formula is C15H26O2. The van der Waals surface area contributed by atoms with Crippen LogP contribution < -0.4 is 0 Å². The fourth-order valence-corrected chi connectivity index (χ4v) is 2.35. The third-order valence-corrected chi connectivity index (χ3v) is 3.33. The lowest BCUT2D eigenvalue weighted by Crippen LogP contribution is -2.21. The first kappa shape index (κ1) is 14.3. The van der Waals surface area contributed by atoms with Gasteiger partial charge < -0.3 is 4.74 Å². The van der Waals surface area contributed by atoms with Gasteiger partial charge in [0.05, 0.1) is 0 Å². The van der Waals surface area contributed by atoms with Gasteiger partial charge >= 0.3 is 5.97 Å². The van der Waals surface area contributed by atoms with Crippen LogP contribution in [0, 0.1) is 0 Å². The zero-order chi connectivity index (χ0) is 12.5. The van der Waals surface area contributed by atoms with Crippen LogP contribution in [-0.4, -0.2) is 12.1 Å². The van der Waals surface area contributed by atoms with E-state index in [2.05, 4.69) is 6.92 Å². The minimum absolute atomic E-state index is 0.142. The Morgan fingerprint density at radius 2 is 1.82 bits per heavy atom. The monoisotopic (exact) mass is 238 g/mol. The highest BCUT2D eigenvalue weighted by Crippen LogP contribution is 2.20. The molecular weight excluding hydrogens is 212 g/mol. The summed E-state index contributed by atoms with van der Waals surface area (Å²) in [4.78, 5) is 11.2. The highest BCUT2D eigenvalue weighted by Gasteiger charge is 2.18. The van der Waals surface area contributed by atoms with Crippen LogP contribution in [0.3, 0.4) is 0 Å². The Bertz CT molecular complexity index is 256. The van der Waals surface area contributed by atoms with Crippen molar-refractivity contribution in [1.82, 2.24) is 0 Å². The normalized spacial score (nSPS) is 20.0. The fraction of sp³-hybridized carbons (Fsp3) is 0.800. The number of carbonyl (C=O) groups excluding carboxylic acids is 1. The highest BCUT2D eigenvalue weighted by atomic mass is 16.5. The number of hydrogen-bond acceptors (Lipinski definition) is 2. The molecule has 0 aliphatic carbocycles. The lowest BCUT2D eigenvalue weighted by molar-refractivity contribution is -0.144. The molecule has 0 aromatic carbocycles. The summed E-state index contributed by atoms with van der Waals surface area (Å²) < 4.78 is 5.29. The van der Waals surface area contributed by atoms with Crippen molar-refractivity contribution < 1.29 is 9.53 Å². The molecule has 2 nitrogen and oxygen atoms in total. The van der Waals surface area contributed by atoms with E-state index < -0.39 is 0 Å². The number of ether oxygens (including phenoxy) is 1. The molecule has 0 saturated heterocycles. The molecule has 1 rings (SSSR count). The number of rotatable bonds is 8. The molecule has 2 heteroatoms. The van der Waals surface area contributed by atoms with E-state index >= 15 is 0 Å². The van der Waals surface area contributed by atoms with Gasteiger partial charge in [-0.2, -0.15) is 0 Å². The zero-order valence-electron chi connectivity index (χ0n) is 11.3. The molecule has 17 heavy (non-hydrogen) atoms. The molecule has 1 aliphatic rings. The maximum absolute atomic E-state index is 11.2. The molecule has 1 heterocycles. The third kappa shape index (κ3) is 6.50. The molecule has 0 radical (unpaired) electrons. The third-order valence-electron chi connectivity index (χ3n) is 3.33. The fourth-order valence-electron chi connectivity index (χ4n) is 2.35. The van der Waals surface area contributed by atoms with Crippen molar-refractivity contribution in [3.63, 3.8) is 0 Å². The maximum atomic E-state index is 11.2. The summed E-state index contributed by atoms with van der Waals surface area (Å²) in [6.45, 7) is 4.26. The number of unbranched alkanes of at least 4 members (excludes halogenated alkanes) is 6. The molecule has 0 N–H and O–H groups in total. The van der Waals surface area contributed by atoms with Gasteiger partial charge in [-0.3, -0.25) is 0 Å². The average molecular weight is 238 g/mol. The van der Waals surface area contributed by atoms with E-state index in [1.54, 1.807) is 6.08 Å². The van der Waals surface area contributed by atoms with E-state index in [1.165, 1.54) is 44.9 Å². The Morgan fingerprint density at radius 1 is 1.18 bits per heavy atom. The van der Waals surface area contributed by atoms with Crippen LogP contribution in [0.2, 0.25) is 0 Å². The summed E-state index contributed by atoms with van der Waals surface area (Å²) >= 11 is 0. The van der Waals surface area contributed by atoms with E-state index in [-0.39, 0.29) is 12.1 Å². The predicted octanol–water partition coefficient (Wildman–Crippen LogP) is 4.39. The molecule has 0 spiro atoms. The molecule has 0 bridgehead atoms. The predicted molar refractivity (Wildman–Crippen MR) is 70.9 cm³/mol. The Hall–Kier alpha value is -0.790. The van der Waals surface area contributed by atoms with Crippen molar-refractivity contribution in [1.29, 1.82) is 0 Å². The second-order valence-electron chi connectivity index (χ2n) is 5.16. The molecule has 0 aromatic rings. The second-order valence-corrected chi connectivity index (χ2v) is 5.16. The van der Waals surface area contributed by atoms with E-state index in [1.807, 2.05) is 6.92 Å². The first-order valence-corrected chi connectivity index (χ1v) is 7.10. The quantitative estimate of drug-likeness (QED) is 0.463. The van der Waals surface area contributed by atoms with E-state index in [4.69, 9.17) is 4.74 Å². The lowest BCUT2D eigenvalue weighted by atomic mass is 10.0. The molecule has 0 fully saturated rings. The highest BCUT2D eigenvalue weighted by molar-refractivity contribution is 5.83. The van der Waals surface area contributed by atoms with Gasteiger partial charge in [0.1, 0.15) is 6.10 Å².